The van der Waals surface area contributed by atoms with Crippen LogP contribution in [0, 0.1) is 0 Å². The summed E-state index contributed by atoms with van der Waals surface area (Å²) in [5, 5.41) is 30.2. The number of carbonyl (C=O) groups excluding carboxylic acids is 1. The van der Waals surface area contributed by atoms with Crippen molar-refractivity contribution in [2.75, 3.05) is 13.7 Å². The molecule has 1 heterocycles. The molecule has 0 aromatic heterocycles. The second-order valence-corrected chi connectivity index (χ2v) is 5.04. The Labute approximate surface area is 126 Å². The van der Waals surface area contributed by atoms with E-state index in [9.17, 15) is 20.1 Å². The molecule has 1 aliphatic rings. The standard InChI is InChI=1S/C16H14O6/c1-21-10-3-5-12(13(18)7-10)16(20)8-22-14-6-9(17)2-4-11(14)15(16)19/h2-7,17-18,20H,8H2,1H3/t16-/m1/s1. The predicted molar refractivity (Wildman–Crippen MR) is 76.5 cm³/mol. The van der Waals surface area contributed by atoms with Gasteiger partial charge in [0.1, 0.15) is 29.6 Å². The third-order valence-electron chi connectivity index (χ3n) is 3.67. The molecule has 6 heteroatoms. The van der Waals surface area contributed by atoms with E-state index in [1.54, 1.807) is 0 Å². The zero-order chi connectivity index (χ0) is 15.9. The first kappa shape index (κ1) is 14.2. The Hall–Kier alpha value is -2.73. The van der Waals surface area contributed by atoms with Crippen LogP contribution >= 0.6 is 0 Å². The molecule has 0 saturated heterocycles. The van der Waals surface area contributed by atoms with Crippen molar-refractivity contribution in [2.45, 2.75) is 5.60 Å². The monoisotopic (exact) mass is 302 g/mol. The number of aliphatic hydroxyl groups is 1. The molecule has 2 aromatic carbocycles. The van der Waals surface area contributed by atoms with Crippen molar-refractivity contribution < 1.29 is 29.6 Å². The molecule has 6 nitrogen and oxygen atoms in total. The fraction of sp³-hybridized carbons (Fsp3) is 0.188. The van der Waals surface area contributed by atoms with E-state index in [1.165, 1.54) is 43.5 Å². The van der Waals surface area contributed by atoms with Crippen molar-refractivity contribution in [3.8, 4) is 23.0 Å². The maximum absolute atomic E-state index is 12.6. The summed E-state index contributed by atoms with van der Waals surface area (Å²) in [4.78, 5) is 12.6. The maximum Gasteiger partial charge on any atom is 0.206 e. The number of phenolic OH excluding ortho intramolecular Hbond substituents is 2. The van der Waals surface area contributed by atoms with Crippen LogP contribution < -0.4 is 9.47 Å². The summed E-state index contributed by atoms with van der Waals surface area (Å²) in [5.41, 5.74) is -1.82. The van der Waals surface area contributed by atoms with E-state index >= 15 is 0 Å². The number of Topliss-reactive ketones (excluding diaryl/α,β-unsaturated/α-hetero) is 1. The van der Waals surface area contributed by atoms with Gasteiger partial charge in [0.15, 0.2) is 5.60 Å². The van der Waals surface area contributed by atoms with Gasteiger partial charge in [-0.1, -0.05) is 0 Å². The topological polar surface area (TPSA) is 96.2 Å². The van der Waals surface area contributed by atoms with Crippen molar-refractivity contribution in [3.05, 3.63) is 47.5 Å². The highest BCUT2D eigenvalue weighted by Crippen LogP contribution is 2.40. The van der Waals surface area contributed by atoms with Gasteiger partial charge in [-0.2, -0.15) is 0 Å². The largest absolute Gasteiger partial charge is 0.508 e. The molecule has 1 atom stereocenters. The second kappa shape index (κ2) is 4.92. The number of ether oxygens (including phenoxy) is 2. The molecule has 0 fully saturated rings. The number of fused-ring (bicyclic) bond motifs is 1. The van der Waals surface area contributed by atoms with Crippen LogP contribution in [-0.4, -0.2) is 34.8 Å². The summed E-state index contributed by atoms with van der Waals surface area (Å²) in [6.45, 7) is -0.359. The summed E-state index contributed by atoms with van der Waals surface area (Å²) < 4.78 is 10.4. The summed E-state index contributed by atoms with van der Waals surface area (Å²) >= 11 is 0. The number of ketones is 1. The van der Waals surface area contributed by atoms with Crippen LogP contribution in [0.25, 0.3) is 0 Å². The van der Waals surface area contributed by atoms with Crippen LogP contribution in [0.5, 0.6) is 23.0 Å². The van der Waals surface area contributed by atoms with Gasteiger partial charge in [0, 0.05) is 17.7 Å². The van der Waals surface area contributed by atoms with E-state index in [0.29, 0.717) is 5.75 Å². The Morgan fingerprint density at radius 2 is 1.95 bits per heavy atom. The molecule has 0 aliphatic carbocycles. The van der Waals surface area contributed by atoms with Gasteiger partial charge < -0.3 is 24.8 Å². The summed E-state index contributed by atoms with van der Waals surface area (Å²) in [6.07, 6.45) is 0. The third-order valence-corrected chi connectivity index (χ3v) is 3.67. The van der Waals surface area contributed by atoms with Crippen LogP contribution in [0.2, 0.25) is 0 Å². The zero-order valence-corrected chi connectivity index (χ0v) is 11.7. The molecule has 0 radical (unpaired) electrons. The molecule has 22 heavy (non-hydrogen) atoms. The number of methoxy groups -OCH3 is 1. The van der Waals surface area contributed by atoms with Gasteiger partial charge in [0.2, 0.25) is 5.78 Å². The number of phenols is 2. The lowest BCUT2D eigenvalue weighted by atomic mass is 9.84. The van der Waals surface area contributed by atoms with E-state index in [0.717, 1.165) is 0 Å². The van der Waals surface area contributed by atoms with Crippen LogP contribution in [0.4, 0.5) is 0 Å². The van der Waals surface area contributed by atoms with Crippen molar-refractivity contribution in [1.82, 2.24) is 0 Å². The Morgan fingerprint density at radius 3 is 2.64 bits per heavy atom. The number of carbonyl (C=O) groups is 1. The molecule has 0 unspecified atom stereocenters. The highest BCUT2D eigenvalue weighted by molar-refractivity contribution is 6.06. The predicted octanol–water partition coefficient (Wildman–Crippen LogP) is 1.57. The van der Waals surface area contributed by atoms with E-state index in [1.807, 2.05) is 0 Å². The Balaban J connectivity index is 2.08. The minimum atomic E-state index is -2.00. The quantitative estimate of drug-likeness (QED) is 0.779. The molecule has 0 amide bonds. The van der Waals surface area contributed by atoms with E-state index in [-0.39, 0.29) is 35.0 Å². The molecule has 0 spiro atoms. The van der Waals surface area contributed by atoms with Gasteiger partial charge in [0.05, 0.1) is 12.7 Å². The Morgan fingerprint density at radius 1 is 1.18 bits per heavy atom. The lowest BCUT2D eigenvalue weighted by Crippen LogP contribution is -2.44. The smallest absolute Gasteiger partial charge is 0.206 e. The molecule has 3 N–H and O–H groups in total. The molecular formula is C16H14O6. The molecule has 3 rings (SSSR count). The van der Waals surface area contributed by atoms with Crippen LogP contribution in [-0.2, 0) is 5.60 Å². The van der Waals surface area contributed by atoms with E-state index in [2.05, 4.69) is 0 Å². The minimum Gasteiger partial charge on any atom is -0.508 e. The lowest BCUT2D eigenvalue weighted by molar-refractivity contribution is -0.00634. The van der Waals surface area contributed by atoms with Crippen LogP contribution in [0.3, 0.4) is 0 Å². The van der Waals surface area contributed by atoms with Gasteiger partial charge in [0.25, 0.3) is 0 Å². The van der Waals surface area contributed by atoms with Crippen LogP contribution in [0.1, 0.15) is 15.9 Å². The first-order valence-corrected chi connectivity index (χ1v) is 6.56. The second-order valence-electron chi connectivity index (χ2n) is 5.04. The van der Waals surface area contributed by atoms with Gasteiger partial charge in [-0.3, -0.25) is 4.79 Å². The molecule has 0 bridgehead atoms. The Kier molecular flexibility index (Phi) is 3.18. The number of benzene rings is 2. The summed E-state index contributed by atoms with van der Waals surface area (Å²) in [6, 6.07) is 8.28. The normalized spacial score (nSPS) is 20.2. The van der Waals surface area contributed by atoms with Crippen molar-refractivity contribution >= 4 is 5.78 Å². The van der Waals surface area contributed by atoms with Crippen LogP contribution in [0.15, 0.2) is 36.4 Å². The van der Waals surface area contributed by atoms with Crippen molar-refractivity contribution in [2.24, 2.45) is 0 Å². The highest BCUT2D eigenvalue weighted by Gasteiger charge is 2.45. The number of hydrogen-bond donors (Lipinski definition) is 3. The average molecular weight is 302 g/mol. The number of aromatic hydroxyl groups is 2. The fourth-order valence-corrected chi connectivity index (χ4v) is 2.48. The first-order valence-electron chi connectivity index (χ1n) is 6.56. The number of rotatable bonds is 2. The van der Waals surface area contributed by atoms with Gasteiger partial charge in [-0.25, -0.2) is 0 Å². The Bertz CT molecular complexity index is 754. The maximum atomic E-state index is 12.6. The summed E-state index contributed by atoms with van der Waals surface area (Å²) in [5.74, 6) is -0.304. The highest BCUT2D eigenvalue weighted by atomic mass is 16.5. The van der Waals surface area contributed by atoms with Gasteiger partial charge >= 0.3 is 0 Å². The first-order chi connectivity index (χ1) is 10.5. The van der Waals surface area contributed by atoms with E-state index in [4.69, 9.17) is 9.47 Å². The van der Waals surface area contributed by atoms with Crippen molar-refractivity contribution in [3.63, 3.8) is 0 Å². The minimum absolute atomic E-state index is 0.0377. The molecule has 114 valence electrons. The summed E-state index contributed by atoms with van der Waals surface area (Å²) in [7, 11) is 1.45. The molecular weight excluding hydrogens is 288 g/mol. The molecule has 0 saturated carbocycles. The lowest BCUT2D eigenvalue weighted by Gasteiger charge is -2.32. The average Bonchev–Trinajstić information content (AvgIpc) is 2.51. The van der Waals surface area contributed by atoms with Gasteiger partial charge in [-0.05, 0) is 24.3 Å². The number of hydrogen-bond acceptors (Lipinski definition) is 6. The molecule has 1 aliphatic heterocycles. The van der Waals surface area contributed by atoms with E-state index < -0.39 is 11.4 Å². The fourth-order valence-electron chi connectivity index (χ4n) is 2.48. The zero-order valence-electron chi connectivity index (χ0n) is 11.7. The molecule has 2 aromatic rings. The third kappa shape index (κ3) is 2.05. The van der Waals surface area contributed by atoms with Crippen molar-refractivity contribution in [1.29, 1.82) is 0 Å². The SMILES string of the molecule is COc1ccc([C@]2(O)COc3cc(O)ccc3C2=O)c(O)c1. The van der Waals surface area contributed by atoms with Gasteiger partial charge in [-0.15, -0.1) is 0 Å².